The summed E-state index contributed by atoms with van der Waals surface area (Å²) in [5, 5.41) is 0. The minimum Gasteiger partial charge on any atom is -0.380 e. The van der Waals surface area contributed by atoms with Crippen LogP contribution in [0.3, 0.4) is 0 Å². The molecule has 0 radical (unpaired) electrons. The van der Waals surface area contributed by atoms with Crippen molar-refractivity contribution in [1.82, 2.24) is 0 Å². The molecule has 61 heavy (non-hydrogen) atoms. The lowest BCUT2D eigenvalue weighted by atomic mass is 9.72. The molecule has 0 aromatic rings. The van der Waals surface area contributed by atoms with E-state index in [1.165, 1.54) is 212 Å². The second-order valence-corrected chi connectivity index (χ2v) is 20.4. The van der Waals surface area contributed by atoms with Gasteiger partial charge in [0.15, 0.2) is 0 Å². The monoisotopic (exact) mass is 861 g/mol. The zero-order valence-electron chi connectivity index (χ0n) is 44.6. The third-order valence-electron chi connectivity index (χ3n) is 15.4. The second kappa shape index (κ2) is 40.2. The average Bonchev–Trinajstić information content (AvgIpc) is 3.25. The van der Waals surface area contributed by atoms with Gasteiger partial charge in [0.1, 0.15) is 0 Å². The van der Waals surface area contributed by atoms with E-state index in [1.54, 1.807) is 0 Å². The molecule has 0 amide bonds. The van der Waals surface area contributed by atoms with Crippen LogP contribution in [0.2, 0.25) is 0 Å². The molecule has 3 unspecified atom stereocenters. The van der Waals surface area contributed by atoms with Crippen molar-refractivity contribution < 1.29 is 14.0 Å². The molecule has 0 fully saturated rings. The zero-order chi connectivity index (χ0) is 45.5. The van der Waals surface area contributed by atoms with Crippen molar-refractivity contribution >= 4 is 7.32 Å². The predicted octanol–water partition coefficient (Wildman–Crippen LogP) is 20.5. The molecule has 0 heterocycles. The normalized spacial score (nSPS) is 14.2. The number of hydrogen-bond donors (Lipinski definition) is 0. The molecule has 0 bridgehead atoms. The van der Waals surface area contributed by atoms with Gasteiger partial charge in [-0.3, -0.25) is 0 Å². The Morgan fingerprint density at radius 3 is 0.607 bits per heavy atom. The van der Waals surface area contributed by atoms with Gasteiger partial charge in [0, 0.05) is 0 Å². The molecule has 3 nitrogen and oxygen atoms in total. The summed E-state index contributed by atoms with van der Waals surface area (Å²) < 4.78 is 24.7. The molecule has 0 aromatic carbocycles. The van der Waals surface area contributed by atoms with Crippen LogP contribution in [0.25, 0.3) is 0 Å². The van der Waals surface area contributed by atoms with E-state index in [2.05, 4.69) is 83.1 Å². The minimum absolute atomic E-state index is 0.234. The average molecular weight is 861 g/mol. The first-order valence-corrected chi connectivity index (χ1v) is 28.7. The molecule has 0 aliphatic heterocycles. The van der Waals surface area contributed by atoms with Crippen molar-refractivity contribution in [2.45, 2.75) is 350 Å². The van der Waals surface area contributed by atoms with Gasteiger partial charge in [-0.1, -0.05) is 276 Å². The van der Waals surface area contributed by atoms with Gasteiger partial charge in [0.05, 0.1) is 16.8 Å². The van der Waals surface area contributed by atoms with Gasteiger partial charge in [-0.25, -0.2) is 0 Å². The van der Waals surface area contributed by atoms with Crippen molar-refractivity contribution in [3.05, 3.63) is 0 Å². The molecule has 0 aromatic heterocycles. The molecule has 4 heteroatoms. The maximum atomic E-state index is 8.25. The molecule has 0 saturated heterocycles. The summed E-state index contributed by atoms with van der Waals surface area (Å²) in [4.78, 5) is 0. The summed E-state index contributed by atoms with van der Waals surface area (Å²) in [7, 11) is -0.629. The van der Waals surface area contributed by atoms with E-state index in [9.17, 15) is 0 Å². The van der Waals surface area contributed by atoms with Crippen molar-refractivity contribution in [2.75, 3.05) is 0 Å². The fourth-order valence-corrected chi connectivity index (χ4v) is 11.4. The van der Waals surface area contributed by atoms with Crippen LogP contribution < -0.4 is 0 Å². The third kappa shape index (κ3) is 24.9. The molecule has 0 saturated carbocycles. The van der Waals surface area contributed by atoms with Gasteiger partial charge in [-0.05, 0) is 75.5 Å². The molecule has 0 aliphatic carbocycles. The Kier molecular flexibility index (Phi) is 40.2. The summed E-state index contributed by atoms with van der Waals surface area (Å²) in [5.41, 5.74) is -0.701. The third-order valence-corrected chi connectivity index (χ3v) is 15.4. The highest BCUT2D eigenvalue weighted by molar-refractivity contribution is 6.37. The molecule has 366 valence electrons. The van der Waals surface area contributed by atoms with Crippen molar-refractivity contribution in [3.63, 3.8) is 0 Å². The smallest absolute Gasteiger partial charge is 0.380 e. The molecule has 0 spiro atoms. The van der Waals surface area contributed by atoms with Gasteiger partial charge < -0.3 is 14.0 Å². The van der Waals surface area contributed by atoms with Gasteiger partial charge in [-0.15, -0.1) is 0 Å². The molecular formula is C57H117BO3. The highest BCUT2D eigenvalue weighted by Gasteiger charge is 2.52. The zero-order valence-corrected chi connectivity index (χ0v) is 44.6. The number of hydrogen-bond acceptors (Lipinski definition) is 3. The minimum atomic E-state index is -0.629. The Balaban J connectivity index is 8.36. The first-order chi connectivity index (χ1) is 29.7. The van der Waals surface area contributed by atoms with Crippen LogP contribution in [-0.2, 0) is 14.0 Å². The van der Waals surface area contributed by atoms with Crippen molar-refractivity contribution in [3.8, 4) is 0 Å². The summed E-state index contributed by atoms with van der Waals surface area (Å²) in [6, 6.07) is 0. The van der Waals surface area contributed by atoms with Crippen molar-refractivity contribution in [1.29, 1.82) is 0 Å². The van der Waals surface area contributed by atoms with E-state index in [1.807, 2.05) is 0 Å². The maximum absolute atomic E-state index is 8.25. The van der Waals surface area contributed by atoms with E-state index < -0.39 is 7.32 Å². The topological polar surface area (TPSA) is 27.7 Å². The first kappa shape index (κ1) is 60.9. The van der Waals surface area contributed by atoms with Gasteiger partial charge in [0.2, 0.25) is 0 Å². The lowest BCUT2D eigenvalue weighted by Gasteiger charge is -2.50. The molecular weight excluding hydrogens is 743 g/mol. The van der Waals surface area contributed by atoms with E-state index in [0.29, 0.717) is 17.8 Å². The van der Waals surface area contributed by atoms with Crippen LogP contribution in [-0.4, -0.2) is 24.1 Å². The van der Waals surface area contributed by atoms with E-state index >= 15 is 0 Å². The quantitative estimate of drug-likeness (QED) is 0.0451. The summed E-state index contributed by atoms with van der Waals surface area (Å²) in [5.74, 6) is 1.55. The summed E-state index contributed by atoms with van der Waals surface area (Å²) in [6.07, 6.45) is 48.3. The van der Waals surface area contributed by atoms with Gasteiger partial charge in [-0.2, -0.15) is 0 Å². The van der Waals surface area contributed by atoms with E-state index in [-0.39, 0.29) is 16.8 Å². The Morgan fingerprint density at radius 1 is 0.262 bits per heavy atom. The van der Waals surface area contributed by atoms with Crippen LogP contribution in [0.15, 0.2) is 0 Å². The number of rotatable bonds is 48. The highest BCUT2D eigenvalue weighted by Crippen LogP contribution is 2.47. The fourth-order valence-electron chi connectivity index (χ4n) is 11.4. The van der Waals surface area contributed by atoms with Crippen LogP contribution in [0, 0.1) is 17.8 Å². The largest absolute Gasteiger partial charge is 0.640 e. The first-order valence-electron chi connectivity index (χ1n) is 28.7. The molecule has 0 rings (SSSR count). The van der Waals surface area contributed by atoms with Crippen molar-refractivity contribution in [2.24, 2.45) is 17.8 Å². The van der Waals surface area contributed by atoms with Crippen LogP contribution in [0.4, 0.5) is 0 Å². The number of unbranched alkanes of at least 4 members (excludes halogenated alkanes) is 18. The van der Waals surface area contributed by atoms with E-state index in [0.717, 1.165) is 38.5 Å². The maximum Gasteiger partial charge on any atom is 0.640 e. The van der Waals surface area contributed by atoms with E-state index in [4.69, 9.17) is 14.0 Å². The predicted molar refractivity (Wildman–Crippen MR) is 276 cm³/mol. The Morgan fingerprint density at radius 2 is 0.443 bits per heavy atom. The molecule has 0 N–H and O–H groups in total. The summed E-state index contributed by atoms with van der Waals surface area (Å²) >= 11 is 0. The Hall–Kier alpha value is -0.0551. The van der Waals surface area contributed by atoms with Gasteiger partial charge in [0.25, 0.3) is 0 Å². The Bertz CT molecular complexity index is 763. The molecule has 3 atom stereocenters. The highest BCUT2D eigenvalue weighted by atomic mass is 16.8. The fraction of sp³-hybridized carbons (Fsp3) is 1.00. The lowest BCUT2D eigenvalue weighted by molar-refractivity contribution is -0.147. The standard InChI is InChI=1S/C57H117BO3/c1-13-25-34-43-52(22-10)55(46-37-28-16-4,47-38-29-17-5)59-58(60-56(48-39-30-18-6,49-40-31-19-7)53(23-11)44-35-26-14-2)61-57(50-41-32-20-8,51-42-33-21-9)54(24-12)45-36-27-15-3/h52-54H,13-51H2,1-12H3. The lowest BCUT2D eigenvalue weighted by Crippen LogP contribution is -2.56. The van der Waals surface area contributed by atoms with Crippen LogP contribution >= 0.6 is 0 Å². The Labute approximate surface area is 387 Å². The summed E-state index contributed by atoms with van der Waals surface area (Å²) in [6.45, 7) is 28.8. The van der Waals surface area contributed by atoms with Crippen LogP contribution in [0.5, 0.6) is 0 Å². The van der Waals surface area contributed by atoms with Crippen LogP contribution in [0.1, 0.15) is 333 Å². The SMILES string of the molecule is CCCCCC(CC)C(CCCCC)(CCCCC)OB(OC(CCCCC)(CCCCC)C(CC)CCCCC)OC(CCCCC)(CCCCC)C(CC)CCCCC. The molecule has 0 aliphatic rings. The second-order valence-electron chi connectivity index (χ2n) is 20.4. The van der Waals surface area contributed by atoms with Gasteiger partial charge >= 0.3 is 7.32 Å².